The van der Waals surface area contributed by atoms with E-state index in [0.717, 1.165) is 34.3 Å². The van der Waals surface area contributed by atoms with E-state index >= 15 is 0 Å². The van der Waals surface area contributed by atoms with Gasteiger partial charge in [-0.2, -0.15) is 0 Å². The fraction of sp³-hybridized carbons (Fsp3) is 0.158. The summed E-state index contributed by atoms with van der Waals surface area (Å²) in [6.45, 7) is 2.56. The summed E-state index contributed by atoms with van der Waals surface area (Å²) in [7, 11) is 0. The monoisotopic (exact) mass is 321 g/mol. The number of para-hydroxylation sites is 1. The van der Waals surface area contributed by atoms with Gasteiger partial charge >= 0.3 is 0 Å². The van der Waals surface area contributed by atoms with Crippen molar-refractivity contribution in [2.45, 2.75) is 19.9 Å². The number of hydrogen-bond donors (Lipinski definition) is 1. The Morgan fingerprint density at radius 1 is 1.04 bits per heavy atom. The second kappa shape index (κ2) is 5.92. The summed E-state index contributed by atoms with van der Waals surface area (Å²) >= 11 is 0. The molecule has 0 unspecified atom stereocenters. The van der Waals surface area contributed by atoms with Crippen molar-refractivity contribution in [1.29, 1.82) is 0 Å². The highest BCUT2D eigenvalue weighted by atomic mass is 19.1. The first-order valence-corrected chi connectivity index (χ1v) is 7.91. The number of anilines is 1. The van der Waals surface area contributed by atoms with Gasteiger partial charge in [-0.1, -0.05) is 31.2 Å². The molecule has 2 aromatic heterocycles. The molecular weight excluding hydrogens is 305 g/mol. The molecule has 0 spiro atoms. The van der Waals surface area contributed by atoms with Crippen molar-refractivity contribution < 1.29 is 8.81 Å². The van der Waals surface area contributed by atoms with Gasteiger partial charge in [-0.05, 0) is 29.8 Å². The molecule has 0 amide bonds. The molecule has 1 N–H and O–H groups in total. The summed E-state index contributed by atoms with van der Waals surface area (Å²) in [5, 5.41) is 4.27. The maximum Gasteiger partial charge on any atom is 0.196 e. The Bertz CT molecular complexity index is 1010. The lowest BCUT2D eigenvalue weighted by atomic mass is 10.2. The van der Waals surface area contributed by atoms with Gasteiger partial charge < -0.3 is 9.73 Å². The molecule has 0 atom stereocenters. The number of benzene rings is 2. The number of fused-ring (bicyclic) bond motifs is 3. The van der Waals surface area contributed by atoms with Crippen molar-refractivity contribution in [3.05, 3.63) is 65.7 Å². The minimum absolute atomic E-state index is 0.242. The van der Waals surface area contributed by atoms with Crippen LogP contribution in [0.1, 0.15) is 18.3 Å². The number of furan rings is 1. The van der Waals surface area contributed by atoms with Crippen LogP contribution in [0.2, 0.25) is 0 Å². The third-order valence-electron chi connectivity index (χ3n) is 3.96. The Morgan fingerprint density at radius 3 is 2.62 bits per heavy atom. The summed E-state index contributed by atoms with van der Waals surface area (Å²) in [6.07, 6.45) is 0.737. The first-order valence-electron chi connectivity index (χ1n) is 7.91. The largest absolute Gasteiger partial charge is 0.450 e. The van der Waals surface area contributed by atoms with Gasteiger partial charge in [-0.3, -0.25) is 0 Å². The van der Waals surface area contributed by atoms with Gasteiger partial charge in [0.2, 0.25) is 0 Å². The van der Waals surface area contributed by atoms with Crippen LogP contribution in [0.25, 0.3) is 22.1 Å². The summed E-state index contributed by atoms with van der Waals surface area (Å²) in [5.41, 5.74) is 3.23. The molecule has 4 aromatic rings. The zero-order chi connectivity index (χ0) is 16.5. The van der Waals surface area contributed by atoms with E-state index in [2.05, 4.69) is 15.3 Å². The molecule has 0 radical (unpaired) electrons. The van der Waals surface area contributed by atoms with Crippen LogP contribution in [0, 0.1) is 5.82 Å². The fourth-order valence-electron chi connectivity index (χ4n) is 2.70. The Hall–Kier alpha value is -2.95. The molecule has 0 saturated heterocycles. The third kappa shape index (κ3) is 2.58. The van der Waals surface area contributed by atoms with Gasteiger partial charge in [-0.25, -0.2) is 14.4 Å². The molecule has 2 heterocycles. The summed E-state index contributed by atoms with van der Waals surface area (Å²) in [5.74, 6) is 1.18. The first-order chi connectivity index (χ1) is 11.7. The number of nitrogens with zero attached hydrogens (tertiary/aromatic N) is 2. The quantitative estimate of drug-likeness (QED) is 0.592. The molecule has 4 nitrogen and oxygen atoms in total. The van der Waals surface area contributed by atoms with Crippen LogP contribution in [0.3, 0.4) is 0 Å². The second-order valence-electron chi connectivity index (χ2n) is 5.60. The van der Waals surface area contributed by atoms with Crippen molar-refractivity contribution in [2.24, 2.45) is 0 Å². The van der Waals surface area contributed by atoms with Crippen LogP contribution >= 0.6 is 0 Å². The Kier molecular flexibility index (Phi) is 3.61. The van der Waals surface area contributed by atoms with Gasteiger partial charge in [0.15, 0.2) is 11.4 Å². The summed E-state index contributed by atoms with van der Waals surface area (Å²) in [4.78, 5) is 9.17. The van der Waals surface area contributed by atoms with Crippen LogP contribution < -0.4 is 5.32 Å². The van der Waals surface area contributed by atoms with E-state index in [-0.39, 0.29) is 5.82 Å². The van der Waals surface area contributed by atoms with E-state index < -0.39 is 0 Å². The lowest BCUT2D eigenvalue weighted by Crippen LogP contribution is -2.04. The Morgan fingerprint density at radius 2 is 1.83 bits per heavy atom. The zero-order valence-electron chi connectivity index (χ0n) is 13.2. The smallest absolute Gasteiger partial charge is 0.196 e. The molecule has 0 bridgehead atoms. The van der Waals surface area contributed by atoms with Crippen molar-refractivity contribution in [1.82, 2.24) is 9.97 Å². The molecule has 4 rings (SSSR count). The van der Waals surface area contributed by atoms with E-state index in [1.807, 2.05) is 31.2 Å². The fourth-order valence-corrected chi connectivity index (χ4v) is 2.70. The van der Waals surface area contributed by atoms with Crippen molar-refractivity contribution in [2.75, 3.05) is 5.32 Å². The number of nitrogens with one attached hydrogen (secondary N) is 1. The van der Waals surface area contributed by atoms with Crippen molar-refractivity contribution in [3.8, 4) is 0 Å². The number of rotatable bonds is 4. The number of halogens is 1. The second-order valence-corrected chi connectivity index (χ2v) is 5.60. The Labute approximate surface area is 138 Å². The summed E-state index contributed by atoms with van der Waals surface area (Å²) in [6, 6.07) is 14.2. The van der Waals surface area contributed by atoms with Crippen LogP contribution in [0.4, 0.5) is 10.2 Å². The van der Waals surface area contributed by atoms with E-state index in [9.17, 15) is 4.39 Å². The SMILES string of the molecule is CCc1nc(NCc2ccc(F)cc2)c2oc3ccccc3c2n1. The topological polar surface area (TPSA) is 51.0 Å². The average Bonchev–Trinajstić information content (AvgIpc) is 2.99. The molecule has 0 fully saturated rings. The molecule has 5 heteroatoms. The number of aryl methyl sites for hydroxylation is 1. The van der Waals surface area contributed by atoms with Gasteiger partial charge in [-0.15, -0.1) is 0 Å². The number of hydrogen-bond acceptors (Lipinski definition) is 4. The van der Waals surface area contributed by atoms with Crippen LogP contribution in [-0.2, 0) is 13.0 Å². The van der Waals surface area contributed by atoms with Gasteiger partial charge in [0.25, 0.3) is 0 Å². The van der Waals surface area contributed by atoms with E-state index in [4.69, 9.17) is 4.42 Å². The normalized spacial score (nSPS) is 11.2. The minimum Gasteiger partial charge on any atom is -0.450 e. The Balaban J connectivity index is 1.77. The van der Waals surface area contributed by atoms with E-state index in [1.165, 1.54) is 12.1 Å². The van der Waals surface area contributed by atoms with Crippen molar-refractivity contribution in [3.63, 3.8) is 0 Å². The molecular formula is C19H16FN3O. The highest BCUT2D eigenvalue weighted by molar-refractivity contribution is 6.05. The molecule has 0 aliphatic rings. The van der Waals surface area contributed by atoms with Crippen LogP contribution in [-0.4, -0.2) is 9.97 Å². The average molecular weight is 321 g/mol. The van der Waals surface area contributed by atoms with Gasteiger partial charge in [0, 0.05) is 18.4 Å². The van der Waals surface area contributed by atoms with E-state index in [0.29, 0.717) is 17.9 Å². The van der Waals surface area contributed by atoms with Gasteiger partial charge in [0.1, 0.15) is 22.7 Å². The maximum atomic E-state index is 13.0. The highest BCUT2D eigenvalue weighted by Gasteiger charge is 2.14. The van der Waals surface area contributed by atoms with E-state index in [1.54, 1.807) is 12.1 Å². The zero-order valence-corrected chi connectivity index (χ0v) is 13.2. The van der Waals surface area contributed by atoms with Crippen LogP contribution in [0.15, 0.2) is 52.9 Å². The van der Waals surface area contributed by atoms with Crippen molar-refractivity contribution >= 4 is 27.9 Å². The lowest BCUT2D eigenvalue weighted by Gasteiger charge is -2.07. The predicted molar refractivity (Wildman–Crippen MR) is 92.4 cm³/mol. The maximum absolute atomic E-state index is 13.0. The number of aromatic nitrogens is 2. The molecule has 24 heavy (non-hydrogen) atoms. The molecule has 2 aromatic carbocycles. The first kappa shape index (κ1) is 14.6. The lowest BCUT2D eigenvalue weighted by molar-refractivity contribution is 0.627. The molecule has 0 aliphatic heterocycles. The van der Waals surface area contributed by atoms with Crippen LogP contribution in [0.5, 0.6) is 0 Å². The summed E-state index contributed by atoms with van der Waals surface area (Å²) < 4.78 is 19.0. The third-order valence-corrected chi connectivity index (χ3v) is 3.96. The molecule has 120 valence electrons. The van der Waals surface area contributed by atoms with Gasteiger partial charge in [0.05, 0.1) is 0 Å². The predicted octanol–water partition coefficient (Wildman–Crippen LogP) is 4.69. The highest BCUT2D eigenvalue weighted by Crippen LogP contribution is 2.31. The standard InChI is InChI=1S/C19H16FN3O/c1-2-16-22-17-14-5-3-4-6-15(14)24-18(17)19(23-16)21-11-12-7-9-13(20)10-8-12/h3-10H,2,11H2,1H3,(H,21,22,23). The molecule has 0 aliphatic carbocycles. The minimum atomic E-state index is -0.242. The molecule has 0 saturated carbocycles.